The van der Waals surface area contributed by atoms with E-state index < -0.39 is 0 Å². The monoisotopic (exact) mass is 321 g/mol. The van der Waals surface area contributed by atoms with Crippen molar-refractivity contribution in [3.05, 3.63) is 56.8 Å². The molecule has 1 heterocycles. The molecule has 0 saturated carbocycles. The fourth-order valence-corrected chi connectivity index (χ4v) is 2.72. The van der Waals surface area contributed by atoms with Crippen molar-refractivity contribution in [3.8, 4) is 6.07 Å². The van der Waals surface area contributed by atoms with Crippen LogP contribution in [0, 0.1) is 18.3 Å². The highest BCUT2D eigenvalue weighted by Gasteiger charge is 2.08. The van der Waals surface area contributed by atoms with Gasteiger partial charge in [0.25, 0.3) is 0 Å². The van der Waals surface area contributed by atoms with Gasteiger partial charge in [-0.2, -0.15) is 5.26 Å². The molecule has 0 radical (unpaired) electrons. The van der Waals surface area contributed by atoms with Crippen molar-refractivity contribution in [1.82, 2.24) is 9.88 Å². The van der Waals surface area contributed by atoms with Gasteiger partial charge in [-0.1, -0.05) is 29.3 Å². The maximum absolute atomic E-state index is 9.01. The molecule has 0 spiro atoms. The van der Waals surface area contributed by atoms with Crippen LogP contribution in [0.15, 0.2) is 24.3 Å². The summed E-state index contributed by atoms with van der Waals surface area (Å²) in [5.41, 5.74) is 4.03. The van der Waals surface area contributed by atoms with Gasteiger partial charge in [0.2, 0.25) is 0 Å². The van der Waals surface area contributed by atoms with Gasteiger partial charge < -0.3 is 9.88 Å². The number of nitrogens with one attached hydrogen (secondary N) is 1. The molecule has 0 aliphatic rings. The number of rotatable bonds is 5. The number of aromatic nitrogens is 1. The van der Waals surface area contributed by atoms with Gasteiger partial charge >= 0.3 is 0 Å². The summed E-state index contributed by atoms with van der Waals surface area (Å²) in [6, 6.07) is 9.68. The van der Waals surface area contributed by atoms with Crippen molar-refractivity contribution in [3.63, 3.8) is 0 Å². The molecule has 21 heavy (non-hydrogen) atoms. The largest absolute Gasteiger partial charge is 0.340 e. The van der Waals surface area contributed by atoms with Crippen LogP contribution < -0.4 is 5.32 Å². The molecule has 0 aliphatic carbocycles. The van der Waals surface area contributed by atoms with Gasteiger partial charge in [0, 0.05) is 29.3 Å². The number of hydrogen-bond acceptors (Lipinski definition) is 2. The first-order valence-electron chi connectivity index (χ1n) is 6.73. The molecule has 2 rings (SSSR count). The van der Waals surface area contributed by atoms with Crippen molar-refractivity contribution in [2.45, 2.75) is 19.9 Å². The van der Waals surface area contributed by atoms with Crippen LogP contribution in [0.1, 0.15) is 22.5 Å². The molecule has 1 aromatic heterocycles. The Bertz CT molecular complexity index is 684. The predicted octanol–water partition coefficient (Wildman–Crippen LogP) is 3.84. The second-order valence-electron chi connectivity index (χ2n) is 4.97. The first kappa shape index (κ1) is 15.9. The Balaban J connectivity index is 1.89. The van der Waals surface area contributed by atoms with Gasteiger partial charge in [-0.3, -0.25) is 0 Å². The van der Waals surface area contributed by atoms with Crippen LogP contribution in [-0.4, -0.2) is 11.1 Å². The van der Waals surface area contributed by atoms with Crippen LogP contribution in [-0.2, 0) is 20.0 Å². The molecule has 3 nitrogen and oxygen atoms in total. The molecular weight excluding hydrogens is 305 g/mol. The highest BCUT2D eigenvalue weighted by atomic mass is 35.5. The van der Waals surface area contributed by atoms with Gasteiger partial charge in [-0.05, 0) is 49.2 Å². The maximum Gasteiger partial charge on any atom is 0.120 e. The molecule has 0 bridgehead atoms. The van der Waals surface area contributed by atoms with E-state index in [4.69, 9.17) is 28.5 Å². The van der Waals surface area contributed by atoms with Gasteiger partial charge in [-0.15, -0.1) is 0 Å². The van der Waals surface area contributed by atoms with Crippen molar-refractivity contribution in [1.29, 1.82) is 5.26 Å². The SMILES string of the molecule is Cc1c(CNCCc2ccc(Cl)cc2Cl)cc(C#N)n1C. The van der Waals surface area contributed by atoms with Crippen LogP contribution in [0.5, 0.6) is 0 Å². The maximum atomic E-state index is 9.01. The third-order valence-electron chi connectivity index (χ3n) is 3.66. The van der Waals surface area contributed by atoms with E-state index in [0.29, 0.717) is 15.7 Å². The van der Waals surface area contributed by atoms with Crippen LogP contribution in [0.3, 0.4) is 0 Å². The van der Waals surface area contributed by atoms with E-state index in [1.807, 2.05) is 36.7 Å². The predicted molar refractivity (Wildman–Crippen MR) is 86.7 cm³/mol. The minimum absolute atomic E-state index is 0.653. The average Bonchev–Trinajstić information content (AvgIpc) is 2.73. The van der Waals surface area contributed by atoms with Gasteiger partial charge in [0.1, 0.15) is 11.8 Å². The van der Waals surface area contributed by atoms with E-state index in [9.17, 15) is 0 Å². The molecule has 0 fully saturated rings. The lowest BCUT2D eigenvalue weighted by Gasteiger charge is -2.07. The third-order valence-corrected chi connectivity index (χ3v) is 4.24. The Labute approximate surface area is 135 Å². The Morgan fingerprint density at radius 1 is 1.24 bits per heavy atom. The number of nitriles is 1. The summed E-state index contributed by atoms with van der Waals surface area (Å²) >= 11 is 12.0. The van der Waals surface area contributed by atoms with Crippen LogP contribution in [0.2, 0.25) is 10.0 Å². The second-order valence-corrected chi connectivity index (χ2v) is 5.82. The summed E-state index contributed by atoms with van der Waals surface area (Å²) in [5.74, 6) is 0. The summed E-state index contributed by atoms with van der Waals surface area (Å²) < 4.78 is 1.91. The van der Waals surface area contributed by atoms with Crippen LogP contribution in [0.25, 0.3) is 0 Å². The highest BCUT2D eigenvalue weighted by molar-refractivity contribution is 6.35. The topological polar surface area (TPSA) is 40.8 Å². The summed E-state index contributed by atoms with van der Waals surface area (Å²) in [7, 11) is 1.91. The molecule has 110 valence electrons. The Kier molecular flexibility index (Phi) is 5.30. The minimum Gasteiger partial charge on any atom is -0.340 e. The Morgan fingerprint density at radius 3 is 2.62 bits per heavy atom. The highest BCUT2D eigenvalue weighted by Crippen LogP contribution is 2.21. The Morgan fingerprint density at radius 2 is 2.00 bits per heavy atom. The fourth-order valence-electron chi connectivity index (χ4n) is 2.22. The third kappa shape index (κ3) is 3.79. The molecule has 1 N–H and O–H groups in total. The first-order chi connectivity index (χ1) is 10.0. The number of nitrogens with zero attached hydrogens (tertiary/aromatic N) is 2. The standard InChI is InChI=1S/C16H17Cl2N3/c1-11-13(7-15(9-19)21(11)2)10-20-6-5-12-3-4-14(17)8-16(12)18/h3-4,7-8,20H,5-6,10H2,1-2H3. The summed E-state index contributed by atoms with van der Waals surface area (Å²) in [6.07, 6.45) is 0.840. The van der Waals surface area contributed by atoms with Crippen LogP contribution in [0.4, 0.5) is 0 Å². The zero-order chi connectivity index (χ0) is 15.4. The fraction of sp³-hybridized carbons (Fsp3) is 0.312. The lowest BCUT2D eigenvalue weighted by atomic mass is 10.1. The van der Waals surface area contributed by atoms with E-state index in [1.54, 1.807) is 6.07 Å². The molecule has 0 atom stereocenters. The molecule has 5 heteroatoms. The lowest BCUT2D eigenvalue weighted by Crippen LogP contribution is -2.17. The molecule has 1 aromatic carbocycles. The quantitative estimate of drug-likeness (QED) is 0.850. The molecule has 0 saturated heterocycles. The summed E-state index contributed by atoms with van der Waals surface area (Å²) in [5, 5.41) is 13.8. The van der Waals surface area contributed by atoms with E-state index in [0.717, 1.165) is 36.3 Å². The van der Waals surface area contributed by atoms with E-state index in [-0.39, 0.29) is 0 Å². The normalized spacial score (nSPS) is 10.6. The first-order valence-corrected chi connectivity index (χ1v) is 7.48. The molecule has 0 amide bonds. The number of hydrogen-bond donors (Lipinski definition) is 1. The minimum atomic E-state index is 0.653. The lowest BCUT2D eigenvalue weighted by molar-refractivity contribution is 0.682. The second kappa shape index (κ2) is 7.00. The zero-order valence-electron chi connectivity index (χ0n) is 12.1. The van der Waals surface area contributed by atoms with Crippen molar-refractivity contribution < 1.29 is 0 Å². The summed E-state index contributed by atoms with van der Waals surface area (Å²) in [6.45, 7) is 3.58. The van der Waals surface area contributed by atoms with E-state index in [2.05, 4.69) is 11.4 Å². The number of benzene rings is 1. The van der Waals surface area contributed by atoms with Gasteiger partial charge in [0.15, 0.2) is 0 Å². The molecular formula is C16H17Cl2N3. The number of halogens is 2. The molecule has 0 unspecified atom stereocenters. The van der Waals surface area contributed by atoms with Gasteiger partial charge in [-0.25, -0.2) is 0 Å². The van der Waals surface area contributed by atoms with Crippen molar-refractivity contribution in [2.75, 3.05) is 6.54 Å². The summed E-state index contributed by atoms with van der Waals surface area (Å²) in [4.78, 5) is 0. The van der Waals surface area contributed by atoms with E-state index >= 15 is 0 Å². The van der Waals surface area contributed by atoms with Crippen molar-refractivity contribution in [2.24, 2.45) is 7.05 Å². The Hall–Kier alpha value is -1.47. The van der Waals surface area contributed by atoms with Gasteiger partial charge in [0.05, 0.1) is 0 Å². The molecule has 2 aromatic rings. The van der Waals surface area contributed by atoms with E-state index in [1.165, 1.54) is 0 Å². The molecule has 0 aliphatic heterocycles. The average molecular weight is 322 g/mol. The van der Waals surface area contributed by atoms with Crippen molar-refractivity contribution >= 4 is 23.2 Å². The zero-order valence-corrected chi connectivity index (χ0v) is 13.6. The smallest absolute Gasteiger partial charge is 0.120 e. The van der Waals surface area contributed by atoms with Crippen LogP contribution >= 0.6 is 23.2 Å².